The Morgan fingerprint density at radius 1 is 1.50 bits per heavy atom. The highest BCUT2D eigenvalue weighted by molar-refractivity contribution is 5.43. The summed E-state index contributed by atoms with van der Waals surface area (Å²) in [5, 5.41) is 17.9. The van der Waals surface area contributed by atoms with Crippen LogP contribution in [0.2, 0.25) is 0 Å². The molecule has 0 radical (unpaired) electrons. The lowest BCUT2D eigenvalue weighted by Crippen LogP contribution is -2.32. The zero-order chi connectivity index (χ0) is 11.5. The van der Waals surface area contributed by atoms with Crippen molar-refractivity contribution in [2.24, 2.45) is 5.92 Å². The topological polar surface area (TPSA) is 53.2 Å². The van der Waals surface area contributed by atoms with Crippen molar-refractivity contribution < 1.29 is 14.2 Å². The second-order valence-corrected chi connectivity index (χ2v) is 4.03. The van der Waals surface area contributed by atoms with Crippen molar-refractivity contribution in [2.45, 2.75) is 18.9 Å². The summed E-state index contributed by atoms with van der Waals surface area (Å²) in [5.41, 5.74) is -0.0534. The molecule has 16 heavy (non-hydrogen) atoms. The third-order valence-corrected chi connectivity index (χ3v) is 2.77. The van der Waals surface area contributed by atoms with Crippen LogP contribution in [0, 0.1) is 23.1 Å². The van der Waals surface area contributed by atoms with Crippen LogP contribution < -0.4 is 4.74 Å². The van der Waals surface area contributed by atoms with Gasteiger partial charge in [0.1, 0.15) is 23.2 Å². The van der Waals surface area contributed by atoms with E-state index in [0.717, 1.165) is 12.8 Å². The molecule has 3 nitrogen and oxygen atoms in total. The first-order chi connectivity index (χ1) is 7.70. The summed E-state index contributed by atoms with van der Waals surface area (Å²) in [4.78, 5) is 0. The fourth-order valence-electron chi connectivity index (χ4n) is 1.78. The number of aliphatic hydroxyl groups is 1. The Bertz CT molecular complexity index is 422. The van der Waals surface area contributed by atoms with E-state index in [1.807, 2.05) is 0 Å². The van der Waals surface area contributed by atoms with Crippen molar-refractivity contribution in [1.29, 1.82) is 5.26 Å². The Morgan fingerprint density at radius 2 is 2.25 bits per heavy atom. The van der Waals surface area contributed by atoms with E-state index in [0.29, 0.717) is 12.5 Å². The zero-order valence-electron chi connectivity index (χ0n) is 8.69. The van der Waals surface area contributed by atoms with Crippen LogP contribution in [0.25, 0.3) is 0 Å². The minimum Gasteiger partial charge on any atom is -0.492 e. The van der Waals surface area contributed by atoms with E-state index in [4.69, 9.17) is 15.1 Å². The van der Waals surface area contributed by atoms with Gasteiger partial charge in [-0.05, 0) is 30.9 Å². The van der Waals surface area contributed by atoms with E-state index in [9.17, 15) is 4.39 Å². The molecule has 1 fully saturated rings. The molecule has 0 amide bonds. The Kier molecular flexibility index (Phi) is 3.07. The third kappa shape index (κ3) is 2.15. The summed E-state index contributed by atoms with van der Waals surface area (Å²) in [5.74, 6) is 0.0299. The molecule has 0 unspecified atom stereocenters. The number of hydrogen-bond donors (Lipinski definition) is 1. The van der Waals surface area contributed by atoms with Gasteiger partial charge in [0, 0.05) is 0 Å². The van der Waals surface area contributed by atoms with E-state index in [1.54, 1.807) is 12.1 Å². The molecular weight excluding hydrogens is 209 g/mol. The van der Waals surface area contributed by atoms with Crippen molar-refractivity contribution in [2.75, 3.05) is 6.61 Å². The largest absolute Gasteiger partial charge is 0.492 e. The number of nitrogens with zero attached hydrogens (tertiary/aromatic N) is 1. The predicted molar refractivity (Wildman–Crippen MR) is 55.3 cm³/mol. The second kappa shape index (κ2) is 4.50. The maximum absolute atomic E-state index is 13.2. The first-order valence-electron chi connectivity index (χ1n) is 5.20. The number of rotatable bonds is 3. The summed E-state index contributed by atoms with van der Waals surface area (Å²) in [6, 6.07) is 6.11. The van der Waals surface area contributed by atoms with E-state index in [1.165, 1.54) is 12.1 Å². The summed E-state index contributed by atoms with van der Waals surface area (Å²) in [6.07, 6.45) is 1.21. The molecule has 1 N–H and O–H groups in total. The van der Waals surface area contributed by atoms with Crippen LogP contribution >= 0.6 is 0 Å². The number of halogens is 1. The minimum atomic E-state index is -0.561. The van der Waals surface area contributed by atoms with Crippen molar-refractivity contribution in [3.63, 3.8) is 0 Å². The van der Waals surface area contributed by atoms with Crippen LogP contribution in [0.4, 0.5) is 4.39 Å². The first kappa shape index (κ1) is 10.9. The predicted octanol–water partition coefficient (Wildman–Crippen LogP) is 1.85. The monoisotopic (exact) mass is 221 g/mol. The number of nitriles is 1. The van der Waals surface area contributed by atoms with E-state index >= 15 is 0 Å². The normalized spacial score (nSPS) is 23.3. The molecule has 2 rings (SSSR count). The van der Waals surface area contributed by atoms with Crippen LogP contribution in [-0.4, -0.2) is 17.8 Å². The van der Waals surface area contributed by atoms with Gasteiger partial charge in [0.25, 0.3) is 0 Å². The lowest BCUT2D eigenvalue weighted by molar-refractivity contribution is 0.0202. The van der Waals surface area contributed by atoms with Gasteiger partial charge in [-0.3, -0.25) is 0 Å². The maximum atomic E-state index is 13.2. The summed E-state index contributed by atoms with van der Waals surface area (Å²) in [7, 11) is 0. The van der Waals surface area contributed by atoms with Crippen LogP contribution in [-0.2, 0) is 0 Å². The molecule has 1 aliphatic rings. The lowest BCUT2D eigenvalue weighted by atomic mass is 9.83. The van der Waals surface area contributed by atoms with Crippen molar-refractivity contribution >= 4 is 0 Å². The Balaban J connectivity index is 1.99. The number of ether oxygens (including phenoxy) is 1. The van der Waals surface area contributed by atoms with E-state index in [2.05, 4.69) is 0 Å². The molecule has 4 heteroatoms. The van der Waals surface area contributed by atoms with E-state index in [-0.39, 0.29) is 17.4 Å². The number of aliphatic hydroxyl groups excluding tert-OH is 1. The fourth-order valence-corrected chi connectivity index (χ4v) is 1.78. The third-order valence-electron chi connectivity index (χ3n) is 2.77. The Morgan fingerprint density at radius 3 is 2.88 bits per heavy atom. The maximum Gasteiger partial charge on any atom is 0.144 e. The van der Waals surface area contributed by atoms with Crippen LogP contribution in [0.3, 0.4) is 0 Å². The molecule has 1 saturated carbocycles. The average molecular weight is 221 g/mol. The lowest BCUT2D eigenvalue weighted by Gasteiger charge is -2.31. The molecule has 0 atom stereocenters. The van der Waals surface area contributed by atoms with Gasteiger partial charge in [-0.2, -0.15) is 5.26 Å². The number of benzene rings is 1. The smallest absolute Gasteiger partial charge is 0.144 e. The first-order valence-corrected chi connectivity index (χ1v) is 5.20. The van der Waals surface area contributed by atoms with E-state index < -0.39 is 5.82 Å². The highest BCUT2D eigenvalue weighted by Gasteiger charge is 2.27. The fraction of sp³-hybridized carbons (Fsp3) is 0.417. The van der Waals surface area contributed by atoms with Crippen LogP contribution in [0.15, 0.2) is 18.2 Å². The molecule has 1 aromatic rings. The molecule has 1 aliphatic carbocycles. The summed E-state index contributed by atoms with van der Waals surface area (Å²) in [6.45, 7) is 0.426. The molecule has 0 aliphatic heterocycles. The molecule has 0 bridgehead atoms. The Hall–Kier alpha value is -1.60. The highest BCUT2D eigenvalue weighted by Crippen LogP contribution is 2.29. The molecule has 1 aromatic carbocycles. The molecule has 0 spiro atoms. The molecular formula is C12H12FNO2. The zero-order valence-corrected chi connectivity index (χ0v) is 8.69. The quantitative estimate of drug-likeness (QED) is 0.847. The van der Waals surface area contributed by atoms with Crippen LogP contribution in [0.5, 0.6) is 5.75 Å². The SMILES string of the molecule is N#Cc1c(F)cccc1OCC1CC(O)C1. The van der Waals surface area contributed by atoms with Gasteiger partial charge < -0.3 is 9.84 Å². The minimum absolute atomic E-state index is 0.0534. The molecule has 0 saturated heterocycles. The highest BCUT2D eigenvalue weighted by atomic mass is 19.1. The van der Waals surface area contributed by atoms with Gasteiger partial charge in [0.05, 0.1) is 12.7 Å². The standard InChI is InChI=1S/C12H12FNO2/c13-11-2-1-3-12(10(11)6-14)16-7-8-4-9(15)5-8/h1-3,8-9,15H,4-5,7H2. The van der Waals surface area contributed by atoms with Crippen molar-refractivity contribution in [3.05, 3.63) is 29.6 Å². The van der Waals surface area contributed by atoms with Gasteiger partial charge in [-0.15, -0.1) is 0 Å². The second-order valence-electron chi connectivity index (χ2n) is 4.03. The van der Waals surface area contributed by atoms with Gasteiger partial charge in [-0.25, -0.2) is 4.39 Å². The van der Waals surface area contributed by atoms with Crippen LogP contribution in [0.1, 0.15) is 18.4 Å². The summed E-state index contributed by atoms with van der Waals surface area (Å²) >= 11 is 0. The number of hydrogen-bond acceptors (Lipinski definition) is 3. The molecule has 0 heterocycles. The van der Waals surface area contributed by atoms with Gasteiger partial charge in [0.15, 0.2) is 0 Å². The molecule has 0 aromatic heterocycles. The average Bonchev–Trinajstić information content (AvgIpc) is 2.23. The van der Waals surface area contributed by atoms with Gasteiger partial charge in [-0.1, -0.05) is 6.07 Å². The summed E-state index contributed by atoms with van der Waals surface area (Å²) < 4.78 is 18.6. The van der Waals surface area contributed by atoms with Gasteiger partial charge >= 0.3 is 0 Å². The molecule has 84 valence electrons. The Labute approximate surface area is 93.1 Å². The van der Waals surface area contributed by atoms with Crippen molar-refractivity contribution in [1.82, 2.24) is 0 Å². The van der Waals surface area contributed by atoms with Crippen molar-refractivity contribution in [3.8, 4) is 11.8 Å². The van der Waals surface area contributed by atoms with Gasteiger partial charge in [0.2, 0.25) is 0 Å².